The lowest BCUT2D eigenvalue weighted by Gasteiger charge is -2.21. The molecule has 1 rings (SSSR count). The average molecular weight is 307 g/mol. The molecule has 1 radical (unpaired) electrons. The molecular formula is C18H27O4. The minimum absolute atomic E-state index is 0.0492. The van der Waals surface area contributed by atoms with Crippen molar-refractivity contribution in [2.75, 3.05) is 6.61 Å². The van der Waals surface area contributed by atoms with Gasteiger partial charge >= 0.3 is 5.97 Å². The fourth-order valence-corrected chi connectivity index (χ4v) is 1.61. The van der Waals surface area contributed by atoms with Crippen LogP contribution in [0.25, 0.3) is 0 Å². The zero-order valence-corrected chi connectivity index (χ0v) is 14.6. The van der Waals surface area contributed by atoms with Gasteiger partial charge in [0.15, 0.2) is 6.10 Å². The summed E-state index contributed by atoms with van der Waals surface area (Å²) in [7, 11) is 0. The summed E-state index contributed by atoms with van der Waals surface area (Å²) in [6.45, 7) is 14.2. The van der Waals surface area contributed by atoms with Gasteiger partial charge in [0.05, 0.1) is 17.8 Å². The van der Waals surface area contributed by atoms with E-state index in [9.17, 15) is 4.79 Å². The lowest BCUT2D eigenvalue weighted by molar-refractivity contribution is -0.242. The van der Waals surface area contributed by atoms with E-state index < -0.39 is 5.97 Å². The van der Waals surface area contributed by atoms with Gasteiger partial charge in [0.25, 0.3) is 0 Å². The molecule has 0 aliphatic heterocycles. The summed E-state index contributed by atoms with van der Waals surface area (Å²) in [5.41, 5.74) is 1.40. The minimum Gasteiger partial charge on any atom is -0.373 e. The number of hydrogen-bond acceptors (Lipinski definition) is 4. The van der Waals surface area contributed by atoms with Crippen LogP contribution in [0.5, 0.6) is 0 Å². The first-order valence-corrected chi connectivity index (χ1v) is 7.45. The standard InChI is InChI=1S/C18H27O4/c1-13(12-20-18(5,6)7)21-22-16(19)14-8-10-15(11-9-14)17(2,3)4/h8-11H,12H2,1-7H3. The zero-order valence-electron chi connectivity index (χ0n) is 14.6. The Morgan fingerprint density at radius 3 is 1.95 bits per heavy atom. The molecule has 0 heterocycles. The van der Waals surface area contributed by atoms with Crippen LogP contribution in [-0.4, -0.2) is 18.2 Å². The highest BCUT2D eigenvalue weighted by atomic mass is 17.2. The van der Waals surface area contributed by atoms with E-state index in [-0.39, 0.29) is 17.6 Å². The first kappa shape index (κ1) is 18.7. The molecule has 1 aromatic carbocycles. The first-order valence-electron chi connectivity index (χ1n) is 7.45. The lowest BCUT2D eigenvalue weighted by atomic mass is 9.87. The maximum atomic E-state index is 11.9. The third-order valence-corrected chi connectivity index (χ3v) is 2.95. The third-order valence-electron chi connectivity index (χ3n) is 2.95. The fraction of sp³-hybridized carbons (Fsp3) is 0.556. The van der Waals surface area contributed by atoms with E-state index in [2.05, 4.69) is 20.8 Å². The molecule has 4 heteroatoms. The molecule has 0 saturated carbocycles. The van der Waals surface area contributed by atoms with Crippen LogP contribution in [0.3, 0.4) is 0 Å². The van der Waals surface area contributed by atoms with Crippen LogP contribution in [-0.2, 0) is 19.9 Å². The molecule has 1 aromatic rings. The van der Waals surface area contributed by atoms with Gasteiger partial charge in [-0.15, -0.1) is 0 Å². The van der Waals surface area contributed by atoms with Gasteiger partial charge in [0, 0.05) is 0 Å². The Labute approximate surface area is 133 Å². The Kier molecular flexibility index (Phi) is 6.15. The van der Waals surface area contributed by atoms with Crippen LogP contribution in [0.2, 0.25) is 0 Å². The summed E-state index contributed by atoms with van der Waals surface area (Å²) in [4.78, 5) is 21.7. The van der Waals surface area contributed by atoms with E-state index in [4.69, 9.17) is 14.5 Å². The summed E-state index contributed by atoms with van der Waals surface area (Å²) in [6.07, 6.45) is 0.495. The van der Waals surface area contributed by atoms with E-state index in [0.29, 0.717) is 11.7 Å². The van der Waals surface area contributed by atoms with E-state index in [1.807, 2.05) is 32.9 Å². The quantitative estimate of drug-likeness (QED) is 0.596. The maximum absolute atomic E-state index is 11.9. The zero-order chi connectivity index (χ0) is 17.0. The molecular weight excluding hydrogens is 280 g/mol. The molecule has 0 saturated heterocycles. The van der Waals surface area contributed by atoms with E-state index >= 15 is 0 Å². The Morgan fingerprint density at radius 2 is 1.50 bits per heavy atom. The number of hydrogen-bond donors (Lipinski definition) is 0. The SMILES string of the molecule is C[C](COC(C)(C)C)OOC(=O)c1ccc(C(C)(C)C)cc1. The summed E-state index contributed by atoms with van der Waals surface area (Å²) in [6, 6.07) is 7.34. The monoisotopic (exact) mass is 307 g/mol. The summed E-state index contributed by atoms with van der Waals surface area (Å²) in [5, 5.41) is 0. The predicted octanol–water partition coefficient (Wildman–Crippen LogP) is 4.44. The molecule has 0 amide bonds. The smallest absolute Gasteiger partial charge is 0.373 e. The normalized spacial score (nSPS) is 12.5. The van der Waals surface area contributed by atoms with Crippen molar-refractivity contribution in [1.29, 1.82) is 0 Å². The molecule has 0 aromatic heterocycles. The van der Waals surface area contributed by atoms with Crippen molar-refractivity contribution in [3.05, 3.63) is 41.5 Å². The van der Waals surface area contributed by atoms with Gasteiger partial charge in [-0.1, -0.05) is 32.9 Å². The van der Waals surface area contributed by atoms with Crippen LogP contribution in [0.15, 0.2) is 24.3 Å². The van der Waals surface area contributed by atoms with Gasteiger partial charge in [-0.05, 0) is 50.8 Å². The highest BCUT2D eigenvalue weighted by Crippen LogP contribution is 2.22. The van der Waals surface area contributed by atoms with Crippen molar-refractivity contribution >= 4 is 5.97 Å². The minimum atomic E-state index is -0.518. The molecule has 123 valence electrons. The largest absolute Gasteiger partial charge is 0.373 e. The highest BCUT2D eigenvalue weighted by Gasteiger charge is 2.18. The van der Waals surface area contributed by atoms with Gasteiger partial charge < -0.3 is 4.74 Å². The molecule has 0 spiro atoms. The molecule has 22 heavy (non-hydrogen) atoms. The van der Waals surface area contributed by atoms with Gasteiger partial charge in [-0.2, -0.15) is 4.89 Å². The first-order chi connectivity index (χ1) is 9.99. The van der Waals surface area contributed by atoms with Gasteiger partial charge in [-0.3, -0.25) is 4.89 Å². The second-order valence-corrected chi connectivity index (χ2v) is 7.38. The number of benzene rings is 1. The topological polar surface area (TPSA) is 44.8 Å². The van der Waals surface area contributed by atoms with Gasteiger partial charge in [0.1, 0.15) is 0 Å². The number of rotatable bonds is 5. The van der Waals surface area contributed by atoms with Crippen LogP contribution in [0.1, 0.15) is 64.4 Å². The molecule has 0 N–H and O–H groups in total. The van der Waals surface area contributed by atoms with Crippen molar-refractivity contribution in [2.45, 2.75) is 59.5 Å². The molecule has 4 nitrogen and oxygen atoms in total. The van der Waals surface area contributed by atoms with Crippen molar-refractivity contribution in [1.82, 2.24) is 0 Å². The van der Waals surface area contributed by atoms with E-state index in [1.165, 1.54) is 0 Å². The lowest BCUT2D eigenvalue weighted by Crippen LogP contribution is -2.23. The molecule has 0 atom stereocenters. The van der Waals surface area contributed by atoms with Crippen LogP contribution in [0.4, 0.5) is 0 Å². The average Bonchev–Trinajstić information content (AvgIpc) is 2.41. The Bertz CT molecular complexity index is 477. The van der Waals surface area contributed by atoms with Crippen molar-refractivity contribution in [2.24, 2.45) is 0 Å². The Balaban J connectivity index is 2.49. The number of ether oxygens (including phenoxy) is 1. The summed E-state index contributed by atoms with van der Waals surface area (Å²) in [5.74, 6) is -0.518. The van der Waals surface area contributed by atoms with Crippen molar-refractivity contribution in [3.8, 4) is 0 Å². The molecule has 0 fully saturated rings. The van der Waals surface area contributed by atoms with Crippen LogP contribution in [0, 0.1) is 6.10 Å². The maximum Gasteiger partial charge on any atom is 0.373 e. The highest BCUT2D eigenvalue weighted by molar-refractivity contribution is 5.89. The number of carbonyl (C=O) groups is 1. The van der Waals surface area contributed by atoms with Gasteiger partial charge in [-0.25, -0.2) is 4.79 Å². The fourth-order valence-electron chi connectivity index (χ4n) is 1.61. The number of carbonyl (C=O) groups excluding carboxylic acids is 1. The Hall–Kier alpha value is -1.39. The van der Waals surface area contributed by atoms with E-state index in [0.717, 1.165) is 5.56 Å². The molecule has 0 aliphatic carbocycles. The molecule has 0 aliphatic rings. The third kappa shape index (κ3) is 6.58. The predicted molar refractivity (Wildman–Crippen MR) is 86.3 cm³/mol. The van der Waals surface area contributed by atoms with Gasteiger partial charge in [0.2, 0.25) is 0 Å². The van der Waals surface area contributed by atoms with Crippen LogP contribution >= 0.6 is 0 Å². The Morgan fingerprint density at radius 1 is 0.955 bits per heavy atom. The van der Waals surface area contributed by atoms with E-state index in [1.54, 1.807) is 19.1 Å². The summed E-state index contributed by atoms with van der Waals surface area (Å²) >= 11 is 0. The molecule has 0 unspecified atom stereocenters. The second-order valence-electron chi connectivity index (χ2n) is 7.38. The van der Waals surface area contributed by atoms with Crippen molar-refractivity contribution in [3.63, 3.8) is 0 Å². The molecule has 0 bridgehead atoms. The second kappa shape index (κ2) is 7.25. The summed E-state index contributed by atoms with van der Waals surface area (Å²) < 4.78 is 5.53. The van der Waals surface area contributed by atoms with Crippen molar-refractivity contribution < 1.29 is 19.3 Å². The van der Waals surface area contributed by atoms with Crippen LogP contribution < -0.4 is 0 Å².